The fourth-order valence-corrected chi connectivity index (χ4v) is 8.50. The topological polar surface area (TPSA) is 9.86 Å². The molecule has 3 aromatic heterocycles. The predicted octanol–water partition coefficient (Wildman–Crippen LogP) is 13.7. The maximum absolute atomic E-state index is 3.46. The van der Waals surface area contributed by atoms with E-state index in [9.17, 15) is 0 Å². The Balaban J connectivity index is 0.000000632. The number of benzene rings is 7. The van der Waals surface area contributed by atoms with Gasteiger partial charge >= 0.3 is 0 Å². The summed E-state index contributed by atoms with van der Waals surface area (Å²) in [5, 5.41) is 7.73. The Hall–Kier alpha value is -6.16. The van der Waals surface area contributed by atoms with Crippen molar-refractivity contribution in [2.45, 2.75) is 6.92 Å². The normalized spacial score (nSPS) is 11.7. The number of hydrogen-bond donors (Lipinski definition) is 0. The lowest BCUT2D eigenvalue weighted by atomic mass is 10.0. The molecule has 0 amide bonds. The van der Waals surface area contributed by atoms with Crippen LogP contribution in [0.3, 0.4) is 0 Å². The van der Waals surface area contributed by atoms with Gasteiger partial charge in [-0.05, 0) is 90.8 Å². The van der Waals surface area contributed by atoms with Gasteiger partial charge in [0.2, 0.25) is 0 Å². The van der Waals surface area contributed by atoms with E-state index in [1.165, 1.54) is 86.3 Å². The summed E-state index contributed by atoms with van der Waals surface area (Å²) in [6.45, 7) is 5.42. The van der Waals surface area contributed by atoms with Gasteiger partial charge in [-0.25, -0.2) is 0 Å². The van der Waals surface area contributed by atoms with Crippen molar-refractivity contribution in [2.24, 2.45) is 0 Å². The highest BCUT2D eigenvalue weighted by molar-refractivity contribution is 7.25. The second kappa shape index (κ2) is 12.4. The van der Waals surface area contributed by atoms with Crippen LogP contribution >= 0.6 is 11.3 Å². The first-order chi connectivity index (χ1) is 24.7. The third-order valence-electron chi connectivity index (χ3n) is 9.64. The third kappa shape index (κ3) is 4.86. The standard InChI is InChI=1S/C42H26N2S.C5H8/c1-2-10-29(11-3-1)43-39-17-9-6-14-33(39)34-24-27(18-21-40(34)43)28-19-22-41-35(25-28)36-26-30(20-23-42(36)45-41)44-37-15-7-4-12-31(37)32-13-5-8-16-38(32)44;1-3-5-4-2/h1-26H;3-5H,1H2,2H3/b;5-4-. The Bertz CT molecular complexity index is 2840. The monoisotopic (exact) mass is 658 g/mol. The molecule has 10 aromatic rings. The van der Waals surface area contributed by atoms with Gasteiger partial charge in [0.1, 0.15) is 0 Å². The van der Waals surface area contributed by atoms with E-state index in [0.29, 0.717) is 0 Å². The van der Waals surface area contributed by atoms with Crippen LogP contribution in [-0.2, 0) is 0 Å². The number of nitrogens with zero attached hydrogens (tertiary/aromatic N) is 2. The number of allylic oxidation sites excluding steroid dienone is 3. The molecule has 0 aliphatic rings. The minimum Gasteiger partial charge on any atom is -0.309 e. The molecule has 10 rings (SSSR count). The quantitative estimate of drug-likeness (QED) is 0.167. The molecule has 50 heavy (non-hydrogen) atoms. The van der Waals surface area contributed by atoms with E-state index in [1.807, 2.05) is 30.4 Å². The summed E-state index contributed by atoms with van der Waals surface area (Å²) in [4.78, 5) is 0. The molecule has 0 N–H and O–H groups in total. The van der Waals surface area contributed by atoms with Gasteiger partial charge in [-0.1, -0.05) is 110 Å². The van der Waals surface area contributed by atoms with Crippen LogP contribution in [-0.4, -0.2) is 9.13 Å². The van der Waals surface area contributed by atoms with Crippen LogP contribution in [0.15, 0.2) is 183 Å². The van der Waals surface area contributed by atoms with E-state index < -0.39 is 0 Å². The van der Waals surface area contributed by atoms with Crippen molar-refractivity contribution >= 4 is 75.1 Å². The van der Waals surface area contributed by atoms with E-state index in [0.717, 1.165) is 0 Å². The van der Waals surface area contributed by atoms with Gasteiger partial charge in [0.05, 0.1) is 22.1 Å². The lowest BCUT2D eigenvalue weighted by Crippen LogP contribution is -1.93. The number of para-hydroxylation sites is 4. The van der Waals surface area contributed by atoms with Crippen LogP contribution in [0.25, 0.3) is 86.3 Å². The minimum absolute atomic E-state index is 1.18. The Morgan fingerprint density at radius 2 is 0.920 bits per heavy atom. The van der Waals surface area contributed by atoms with Crippen LogP contribution in [0.4, 0.5) is 0 Å². The first-order valence-corrected chi connectivity index (χ1v) is 17.8. The maximum Gasteiger partial charge on any atom is 0.0541 e. The molecule has 3 heteroatoms. The summed E-state index contributed by atoms with van der Waals surface area (Å²) < 4.78 is 7.41. The molecule has 0 atom stereocenters. The zero-order valence-corrected chi connectivity index (χ0v) is 28.6. The van der Waals surface area contributed by atoms with Gasteiger partial charge in [0, 0.05) is 53.1 Å². The number of thiophene rings is 1. The van der Waals surface area contributed by atoms with Gasteiger partial charge in [0.25, 0.3) is 0 Å². The average Bonchev–Trinajstić information content (AvgIpc) is 3.82. The second-order valence-electron chi connectivity index (χ2n) is 12.5. The molecule has 2 nitrogen and oxygen atoms in total. The Morgan fingerprint density at radius 3 is 1.52 bits per heavy atom. The molecule has 7 aromatic carbocycles. The lowest BCUT2D eigenvalue weighted by molar-refractivity contribution is 1.18. The van der Waals surface area contributed by atoms with Gasteiger partial charge in [-0.3, -0.25) is 0 Å². The first-order valence-electron chi connectivity index (χ1n) is 17.0. The van der Waals surface area contributed by atoms with Crippen LogP contribution in [0, 0.1) is 0 Å². The molecule has 0 aliphatic carbocycles. The van der Waals surface area contributed by atoms with Gasteiger partial charge in [0.15, 0.2) is 0 Å². The van der Waals surface area contributed by atoms with Gasteiger partial charge in [-0.2, -0.15) is 0 Å². The molecular formula is C47H34N2S. The van der Waals surface area contributed by atoms with Crippen molar-refractivity contribution in [1.82, 2.24) is 9.13 Å². The minimum atomic E-state index is 1.18. The van der Waals surface area contributed by atoms with E-state index in [2.05, 4.69) is 173 Å². The zero-order valence-electron chi connectivity index (χ0n) is 27.8. The number of hydrogen-bond acceptors (Lipinski definition) is 1. The molecule has 0 bridgehead atoms. The Labute approximate surface area is 295 Å². The predicted molar refractivity (Wildman–Crippen MR) is 218 cm³/mol. The van der Waals surface area contributed by atoms with Crippen LogP contribution in [0.1, 0.15) is 6.92 Å². The molecule has 0 radical (unpaired) electrons. The Morgan fingerprint density at radius 1 is 0.440 bits per heavy atom. The molecule has 3 heterocycles. The molecule has 238 valence electrons. The molecular weight excluding hydrogens is 625 g/mol. The molecule has 0 saturated heterocycles. The van der Waals surface area contributed by atoms with Crippen LogP contribution in [0.2, 0.25) is 0 Å². The van der Waals surface area contributed by atoms with Crippen molar-refractivity contribution in [2.75, 3.05) is 0 Å². The van der Waals surface area contributed by atoms with E-state index >= 15 is 0 Å². The average molecular weight is 659 g/mol. The molecule has 0 saturated carbocycles. The molecule has 0 unspecified atom stereocenters. The summed E-state index contributed by atoms with van der Waals surface area (Å²) >= 11 is 1.87. The summed E-state index contributed by atoms with van der Waals surface area (Å²) in [6, 6.07) is 57.7. The smallest absolute Gasteiger partial charge is 0.0541 e. The Kier molecular flexibility index (Phi) is 7.41. The maximum atomic E-state index is 3.46. The molecule has 0 aliphatic heterocycles. The van der Waals surface area contributed by atoms with E-state index in [-0.39, 0.29) is 0 Å². The SMILES string of the molecule is C=C/C=C\C.c1ccc(-n2c3ccccc3c3cc(-c4ccc5sc6ccc(-n7c8ccccc8c8ccccc87)cc6c5c4)ccc32)cc1. The summed E-state index contributed by atoms with van der Waals surface area (Å²) in [5.74, 6) is 0. The van der Waals surface area contributed by atoms with E-state index in [1.54, 1.807) is 6.08 Å². The third-order valence-corrected chi connectivity index (χ3v) is 10.8. The van der Waals surface area contributed by atoms with Gasteiger partial charge in [-0.15, -0.1) is 11.3 Å². The number of fused-ring (bicyclic) bond motifs is 9. The summed E-state index contributed by atoms with van der Waals surface area (Å²) in [5.41, 5.74) is 9.78. The lowest BCUT2D eigenvalue weighted by Gasteiger charge is -2.09. The second-order valence-corrected chi connectivity index (χ2v) is 13.6. The van der Waals surface area contributed by atoms with E-state index in [4.69, 9.17) is 0 Å². The van der Waals surface area contributed by atoms with Crippen molar-refractivity contribution in [3.63, 3.8) is 0 Å². The fraction of sp³-hybridized carbons (Fsp3) is 0.0213. The highest BCUT2D eigenvalue weighted by Crippen LogP contribution is 2.40. The van der Waals surface area contributed by atoms with Crippen LogP contribution in [0.5, 0.6) is 0 Å². The van der Waals surface area contributed by atoms with Crippen LogP contribution < -0.4 is 0 Å². The first kappa shape index (κ1) is 29.9. The molecule has 0 fully saturated rings. The number of rotatable bonds is 4. The largest absolute Gasteiger partial charge is 0.309 e. The number of aromatic nitrogens is 2. The van der Waals surface area contributed by atoms with Gasteiger partial charge < -0.3 is 9.13 Å². The van der Waals surface area contributed by atoms with Crippen molar-refractivity contribution < 1.29 is 0 Å². The van der Waals surface area contributed by atoms with Crippen molar-refractivity contribution in [3.05, 3.63) is 183 Å². The summed E-state index contributed by atoms with van der Waals surface area (Å²) in [7, 11) is 0. The highest BCUT2D eigenvalue weighted by Gasteiger charge is 2.16. The zero-order chi connectivity index (χ0) is 33.6. The molecule has 0 spiro atoms. The highest BCUT2D eigenvalue weighted by atomic mass is 32.1. The van der Waals surface area contributed by atoms with Crippen molar-refractivity contribution in [3.8, 4) is 22.5 Å². The van der Waals surface area contributed by atoms with Crippen molar-refractivity contribution in [1.29, 1.82) is 0 Å². The summed E-state index contributed by atoms with van der Waals surface area (Å²) in [6.07, 6.45) is 5.58. The fourth-order valence-electron chi connectivity index (χ4n) is 7.43.